The first kappa shape index (κ1) is 28.6. The molecule has 2 N–H and O–H groups in total. The number of nitrogens with zero attached hydrogens (tertiary/aromatic N) is 2. The van der Waals surface area contributed by atoms with Crippen molar-refractivity contribution in [2.24, 2.45) is 0 Å². The molecular formula is C32H29Cl2N3O4. The van der Waals surface area contributed by atoms with Crippen LogP contribution in [0.2, 0.25) is 10.0 Å². The average Bonchev–Trinajstić information content (AvgIpc) is 3.45. The number of amides is 1. The molecular weight excluding hydrogens is 561 g/mol. The molecule has 1 atom stereocenters. The Hall–Kier alpha value is -3.88. The van der Waals surface area contributed by atoms with Crippen LogP contribution in [0.3, 0.4) is 0 Å². The summed E-state index contributed by atoms with van der Waals surface area (Å²) < 4.78 is 7.36. The van der Waals surface area contributed by atoms with Crippen LogP contribution in [0.25, 0.3) is 33.3 Å². The molecule has 0 aliphatic rings. The zero-order valence-electron chi connectivity index (χ0n) is 22.6. The predicted molar refractivity (Wildman–Crippen MR) is 163 cm³/mol. The minimum Gasteiger partial charge on any atom is -0.497 e. The van der Waals surface area contributed by atoms with Gasteiger partial charge in [0.05, 0.1) is 36.2 Å². The third-order valence-electron chi connectivity index (χ3n) is 7.00. The first-order valence-electron chi connectivity index (χ1n) is 13.2. The van der Waals surface area contributed by atoms with Crippen LogP contribution in [0.1, 0.15) is 35.3 Å². The Morgan fingerprint density at radius 3 is 2.49 bits per heavy atom. The Morgan fingerprint density at radius 1 is 0.976 bits per heavy atom. The van der Waals surface area contributed by atoms with Crippen molar-refractivity contribution in [1.82, 2.24) is 15.1 Å². The number of hydrogen-bond acceptors (Lipinski definition) is 5. The van der Waals surface area contributed by atoms with Gasteiger partial charge in [0.1, 0.15) is 5.75 Å². The van der Waals surface area contributed by atoms with E-state index in [1.54, 1.807) is 31.4 Å². The molecule has 4 aromatic carbocycles. The molecule has 5 rings (SSSR count). The second kappa shape index (κ2) is 12.7. The third kappa shape index (κ3) is 6.39. The van der Waals surface area contributed by atoms with E-state index in [0.717, 1.165) is 38.9 Å². The second-order valence-electron chi connectivity index (χ2n) is 9.65. The maximum Gasteiger partial charge on any atom is 0.251 e. The molecule has 1 amide bonds. The highest BCUT2D eigenvalue weighted by Gasteiger charge is 2.20. The van der Waals surface area contributed by atoms with Crippen molar-refractivity contribution in [3.8, 4) is 28.3 Å². The van der Waals surface area contributed by atoms with Crippen LogP contribution in [0.4, 0.5) is 0 Å². The number of rotatable bonds is 10. The standard InChI is InChI=1S/C32H29Cl2N3O4/c1-20(21-4-6-22(7-5-21)32(38)35-14-3-15-41-39)37-31(19-30(36-37)28-18-26(33)11-13-29(28)34)25-9-8-24-17-27(40-2)12-10-23(24)16-25/h4-13,16-20,39H,3,14-15H2,1-2H3,(H,35,38). The minimum atomic E-state index is -0.187. The summed E-state index contributed by atoms with van der Waals surface area (Å²) in [6.45, 7) is 2.63. The van der Waals surface area contributed by atoms with Crippen LogP contribution in [-0.2, 0) is 4.89 Å². The highest BCUT2D eigenvalue weighted by Crippen LogP contribution is 2.36. The number of benzene rings is 4. The van der Waals surface area contributed by atoms with Crippen molar-refractivity contribution in [1.29, 1.82) is 0 Å². The van der Waals surface area contributed by atoms with Gasteiger partial charge >= 0.3 is 0 Å². The van der Waals surface area contributed by atoms with E-state index < -0.39 is 0 Å². The molecule has 41 heavy (non-hydrogen) atoms. The fourth-order valence-corrected chi connectivity index (χ4v) is 5.12. The van der Waals surface area contributed by atoms with Gasteiger partial charge in [0.25, 0.3) is 5.91 Å². The van der Waals surface area contributed by atoms with Gasteiger partial charge in [-0.15, -0.1) is 0 Å². The number of methoxy groups -OCH3 is 1. The van der Waals surface area contributed by atoms with Crippen molar-refractivity contribution in [2.75, 3.05) is 20.3 Å². The van der Waals surface area contributed by atoms with Gasteiger partial charge in [-0.05, 0) is 84.3 Å². The number of halogens is 2. The number of aromatic nitrogens is 2. The quantitative estimate of drug-likeness (QED) is 0.0981. The largest absolute Gasteiger partial charge is 0.497 e. The molecule has 0 aliphatic carbocycles. The lowest BCUT2D eigenvalue weighted by Gasteiger charge is -2.17. The summed E-state index contributed by atoms with van der Waals surface area (Å²) in [5.74, 6) is 0.616. The van der Waals surface area contributed by atoms with Crippen LogP contribution < -0.4 is 10.1 Å². The molecule has 210 valence electrons. The summed E-state index contributed by atoms with van der Waals surface area (Å²) in [5.41, 5.74) is 4.88. The van der Waals surface area contributed by atoms with Crippen molar-refractivity contribution >= 4 is 39.9 Å². The van der Waals surface area contributed by atoms with E-state index in [1.165, 1.54) is 0 Å². The molecule has 1 heterocycles. The van der Waals surface area contributed by atoms with Crippen LogP contribution in [0.5, 0.6) is 5.75 Å². The van der Waals surface area contributed by atoms with E-state index in [9.17, 15) is 4.79 Å². The molecule has 5 aromatic rings. The van der Waals surface area contributed by atoms with Gasteiger partial charge in [-0.25, -0.2) is 4.89 Å². The predicted octanol–water partition coefficient (Wildman–Crippen LogP) is 7.90. The van der Waals surface area contributed by atoms with E-state index in [0.29, 0.717) is 34.3 Å². The monoisotopic (exact) mass is 589 g/mol. The smallest absolute Gasteiger partial charge is 0.251 e. The van der Waals surface area contributed by atoms with Gasteiger partial charge in [0.15, 0.2) is 0 Å². The topological polar surface area (TPSA) is 85.6 Å². The fourth-order valence-electron chi connectivity index (χ4n) is 4.74. The molecule has 1 aromatic heterocycles. The van der Waals surface area contributed by atoms with Crippen LogP contribution in [0, 0.1) is 0 Å². The van der Waals surface area contributed by atoms with Gasteiger partial charge in [0, 0.05) is 28.3 Å². The molecule has 0 saturated heterocycles. The zero-order chi connectivity index (χ0) is 28.9. The first-order chi connectivity index (χ1) is 19.9. The number of hydrogen-bond donors (Lipinski definition) is 2. The number of fused-ring (bicyclic) bond motifs is 1. The van der Waals surface area contributed by atoms with Gasteiger partial charge in [-0.2, -0.15) is 5.10 Å². The number of carbonyl (C=O) groups excluding carboxylic acids is 1. The highest BCUT2D eigenvalue weighted by molar-refractivity contribution is 6.35. The summed E-state index contributed by atoms with van der Waals surface area (Å²) >= 11 is 12.9. The Morgan fingerprint density at radius 2 is 1.73 bits per heavy atom. The lowest BCUT2D eigenvalue weighted by molar-refractivity contribution is -0.242. The van der Waals surface area contributed by atoms with Crippen molar-refractivity contribution in [2.45, 2.75) is 19.4 Å². The average molecular weight is 591 g/mol. The molecule has 0 saturated carbocycles. The summed E-state index contributed by atoms with van der Waals surface area (Å²) in [6, 6.07) is 26.9. The summed E-state index contributed by atoms with van der Waals surface area (Å²) in [7, 11) is 1.66. The lowest BCUT2D eigenvalue weighted by atomic mass is 10.0. The molecule has 7 nitrogen and oxygen atoms in total. The van der Waals surface area contributed by atoms with Gasteiger partial charge in [-0.3, -0.25) is 14.7 Å². The highest BCUT2D eigenvalue weighted by atomic mass is 35.5. The Labute approximate surface area is 248 Å². The number of carbonyl (C=O) groups is 1. The van der Waals surface area contributed by atoms with E-state index in [4.69, 9.17) is 38.3 Å². The lowest BCUT2D eigenvalue weighted by Crippen LogP contribution is -2.25. The summed E-state index contributed by atoms with van der Waals surface area (Å²) in [4.78, 5) is 16.6. The number of ether oxygens (including phenoxy) is 1. The molecule has 0 radical (unpaired) electrons. The second-order valence-corrected chi connectivity index (χ2v) is 10.5. The maximum atomic E-state index is 12.5. The summed E-state index contributed by atoms with van der Waals surface area (Å²) in [6.07, 6.45) is 0.515. The summed E-state index contributed by atoms with van der Waals surface area (Å²) in [5, 5.41) is 19.5. The number of nitrogens with one attached hydrogen (secondary N) is 1. The fraction of sp³-hybridized carbons (Fsp3) is 0.188. The van der Waals surface area contributed by atoms with Gasteiger partial charge in [0.2, 0.25) is 0 Å². The zero-order valence-corrected chi connectivity index (χ0v) is 24.1. The molecule has 9 heteroatoms. The van der Waals surface area contributed by atoms with Crippen LogP contribution in [0.15, 0.2) is 84.9 Å². The Balaban J connectivity index is 1.52. The van der Waals surface area contributed by atoms with Crippen molar-refractivity contribution in [3.63, 3.8) is 0 Å². The van der Waals surface area contributed by atoms with Crippen LogP contribution >= 0.6 is 23.2 Å². The van der Waals surface area contributed by atoms with E-state index in [1.807, 2.05) is 47.1 Å². The van der Waals surface area contributed by atoms with Crippen molar-refractivity contribution in [3.05, 3.63) is 106 Å². The van der Waals surface area contributed by atoms with Gasteiger partial charge in [-0.1, -0.05) is 53.5 Å². The Kier molecular flexibility index (Phi) is 8.90. The molecule has 0 bridgehead atoms. The normalized spacial score (nSPS) is 11.9. The third-order valence-corrected chi connectivity index (χ3v) is 7.57. The van der Waals surface area contributed by atoms with Crippen molar-refractivity contribution < 1.29 is 19.7 Å². The first-order valence-corrected chi connectivity index (χ1v) is 13.9. The molecule has 1 unspecified atom stereocenters. The maximum absolute atomic E-state index is 12.5. The SMILES string of the molecule is COc1ccc2cc(-c3cc(-c4cc(Cl)ccc4Cl)nn3C(C)c3ccc(C(=O)NCCCOO)cc3)ccc2c1. The van der Waals surface area contributed by atoms with E-state index in [-0.39, 0.29) is 18.6 Å². The molecule has 0 spiro atoms. The molecule has 0 fully saturated rings. The van der Waals surface area contributed by atoms with E-state index >= 15 is 0 Å². The Bertz CT molecular complexity index is 1690. The van der Waals surface area contributed by atoms with E-state index in [2.05, 4.69) is 35.3 Å². The molecule has 0 aliphatic heterocycles. The van der Waals surface area contributed by atoms with Gasteiger partial charge < -0.3 is 10.1 Å². The minimum absolute atomic E-state index is 0.163. The van der Waals surface area contributed by atoms with Crippen LogP contribution in [-0.4, -0.2) is 41.2 Å².